The van der Waals surface area contributed by atoms with Gasteiger partial charge in [0.15, 0.2) is 6.10 Å². The summed E-state index contributed by atoms with van der Waals surface area (Å²) in [6.07, 6.45) is -0.886. The molecule has 6 nitrogen and oxygen atoms in total. The molecule has 7 heteroatoms. The summed E-state index contributed by atoms with van der Waals surface area (Å²) in [7, 11) is -3.79. The second-order valence-corrected chi connectivity index (χ2v) is 7.28. The van der Waals surface area contributed by atoms with E-state index in [1.54, 1.807) is 25.1 Å². The van der Waals surface area contributed by atoms with Crippen molar-refractivity contribution in [2.75, 3.05) is 4.72 Å². The molecule has 1 unspecified atom stereocenters. The number of aryl methyl sites for hydroxylation is 2. The highest BCUT2D eigenvalue weighted by atomic mass is 32.2. The van der Waals surface area contributed by atoms with Gasteiger partial charge < -0.3 is 4.74 Å². The fourth-order valence-corrected chi connectivity index (χ4v) is 3.55. The van der Waals surface area contributed by atoms with E-state index in [1.165, 1.54) is 31.2 Å². The number of carbonyl (C=O) groups excluding carboxylic acids is 1. The third kappa shape index (κ3) is 4.58. The Kier molecular flexibility index (Phi) is 5.45. The van der Waals surface area contributed by atoms with Crippen LogP contribution in [0.2, 0.25) is 0 Å². The molecule has 0 amide bonds. The summed E-state index contributed by atoms with van der Waals surface area (Å²) >= 11 is 0. The molecular formula is C18H18N2O4S. The van der Waals surface area contributed by atoms with Crippen LogP contribution in [0.15, 0.2) is 47.4 Å². The highest BCUT2D eigenvalue weighted by molar-refractivity contribution is 7.92. The van der Waals surface area contributed by atoms with E-state index in [2.05, 4.69) is 4.72 Å². The molecule has 2 aromatic carbocycles. The van der Waals surface area contributed by atoms with E-state index in [0.29, 0.717) is 5.56 Å². The molecule has 0 radical (unpaired) electrons. The van der Waals surface area contributed by atoms with Gasteiger partial charge >= 0.3 is 5.97 Å². The van der Waals surface area contributed by atoms with Gasteiger partial charge in [-0.2, -0.15) is 5.26 Å². The molecule has 1 atom stereocenters. The maximum absolute atomic E-state index is 12.6. The second-order valence-electron chi connectivity index (χ2n) is 5.63. The standard InChI is InChI=1S/C18H18N2O4S/c1-12-7-8-13(2)17(9-12)25(22,23)20-16-6-4-5-15(10-16)18(21)24-14(3)11-19/h4-10,14,20H,1-3H3. The van der Waals surface area contributed by atoms with Crippen molar-refractivity contribution in [3.63, 3.8) is 0 Å². The average molecular weight is 358 g/mol. The van der Waals surface area contributed by atoms with E-state index < -0.39 is 22.1 Å². The smallest absolute Gasteiger partial charge is 0.339 e. The number of benzene rings is 2. The fourth-order valence-electron chi connectivity index (χ4n) is 2.17. The lowest BCUT2D eigenvalue weighted by atomic mass is 10.2. The molecule has 0 aliphatic heterocycles. The first-order valence-electron chi connectivity index (χ1n) is 7.53. The third-order valence-electron chi connectivity index (χ3n) is 3.45. The number of ether oxygens (including phenoxy) is 1. The fraction of sp³-hybridized carbons (Fsp3) is 0.222. The number of esters is 1. The number of carbonyl (C=O) groups is 1. The summed E-state index contributed by atoms with van der Waals surface area (Å²) in [5, 5.41) is 8.69. The molecule has 0 saturated heterocycles. The third-order valence-corrected chi connectivity index (χ3v) is 4.97. The minimum atomic E-state index is -3.79. The van der Waals surface area contributed by atoms with Gasteiger partial charge in [-0.3, -0.25) is 4.72 Å². The topological polar surface area (TPSA) is 96.3 Å². The summed E-state index contributed by atoms with van der Waals surface area (Å²) in [6, 6.07) is 12.9. The zero-order valence-corrected chi connectivity index (χ0v) is 14.9. The van der Waals surface area contributed by atoms with Crippen LogP contribution >= 0.6 is 0 Å². The quantitative estimate of drug-likeness (QED) is 0.828. The van der Waals surface area contributed by atoms with Crippen LogP contribution in [0, 0.1) is 25.2 Å². The molecule has 1 N–H and O–H groups in total. The van der Waals surface area contributed by atoms with Crippen LogP contribution in [0.4, 0.5) is 5.69 Å². The van der Waals surface area contributed by atoms with Gasteiger partial charge in [0, 0.05) is 5.69 Å². The van der Waals surface area contributed by atoms with Crippen molar-refractivity contribution in [3.05, 3.63) is 59.2 Å². The molecule has 0 aliphatic rings. The van der Waals surface area contributed by atoms with Crippen molar-refractivity contribution < 1.29 is 17.9 Å². The molecule has 0 spiro atoms. The van der Waals surface area contributed by atoms with Crippen molar-refractivity contribution in [2.24, 2.45) is 0 Å². The summed E-state index contributed by atoms with van der Waals surface area (Å²) < 4.78 is 32.6. The van der Waals surface area contributed by atoms with Gasteiger partial charge in [0.25, 0.3) is 10.0 Å². The van der Waals surface area contributed by atoms with Crippen molar-refractivity contribution in [1.82, 2.24) is 0 Å². The number of nitrogens with zero attached hydrogens (tertiary/aromatic N) is 1. The van der Waals surface area contributed by atoms with Gasteiger partial charge in [0.2, 0.25) is 0 Å². The van der Waals surface area contributed by atoms with Crippen LogP contribution in [-0.2, 0) is 14.8 Å². The highest BCUT2D eigenvalue weighted by Crippen LogP contribution is 2.21. The van der Waals surface area contributed by atoms with Crippen molar-refractivity contribution in [2.45, 2.75) is 31.8 Å². The highest BCUT2D eigenvalue weighted by Gasteiger charge is 2.18. The minimum Gasteiger partial charge on any atom is -0.444 e. The molecule has 0 saturated carbocycles. The van der Waals surface area contributed by atoms with E-state index in [1.807, 2.05) is 13.0 Å². The zero-order valence-electron chi connectivity index (χ0n) is 14.1. The van der Waals surface area contributed by atoms with E-state index in [0.717, 1.165) is 5.56 Å². The van der Waals surface area contributed by atoms with Gasteiger partial charge in [0.05, 0.1) is 10.5 Å². The number of nitriles is 1. The van der Waals surface area contributed by atoms with Gasteiger partial charge in [0.1, 0.15) is 6.07 Å². The Morgan fingerprint density at radius 1 is 1.20 bits per heavy atom. The normalized spacial score (nSPS) is 12.1. The van der Waals surface area contributed by atoms with Crippen LogP contribution < -0.4 is 4.72 Å². The number of hydrogen-bond acceptors (Lipinski definition) is 5. The van der Waals surface area contributed by atoms with Crippen LogP contribution in [0.25, 0.3) is 0 Å². The van der Waals surface area contributed by atoms with Gasteiger partial charge in [-0.05, 0) is 56.2 Å². The van der Waals surface area contributed by atoms with E-state index in [4.69, 9.17) is 10.00 Å². The molecule has 130 valence electrons. The lowest BCUT2D eigenvalue weighted by Gasteiger charge is -2.12. The Morgan fingerprint density at radius 3 is 2.60 bits per heavy atom. The number of rotatable bonds is 5. The summed E-state index contributed by atoms with van der Waals surface area (Å²) in [5.74, 6) is -0.693. The molecule has 25 heavy (non-hydrogen) atoms. The maximum Gasteiger partial charge on any atom is 0.339 e. The van der Waals surface area contributed by atoms with Crippen LogP contribution in [0.1, 0.15) is 28.4 Å². The van der Waals surface area contributed by atoms with Gasteiger partial charge in [-0.15, -0.1) is 0 Å². The Balaban J connectivity index is 2.29. The molecule has 2 aromatic rings. The predicted octanol–water partition coefficient (Wildman–Crippen LogP) is 3.17. The molecule has 0 heterocycles. The second kappa shape index (κ2) is 7.36. The Bertz CT molecular complexity index is 946. The summed E-state index contributed by atoms with van der Waals surface area (Å²) in [4.78, 5) is 12.1. The first kappa shape index (κ1) is 18.5. The average Bonchev–Trinajstić information content (AvgIpc) is 2.56. The molecule has 0 fully saturated rings. The van der Waals surface area contributed by atoms with E-state index in [9.17, 15) is 13.2 Å². The lowest BCUT2D eigenvalue weighted by Crippen LogP contribution is -2.16. The summed E-state index contributed by atoms with van der Waals surface area (Å²) in [5.41, 5.74) is 1.84. The number of anilines is 1. The largest absolute Gasteiger partial charge is 0.444 e. The monoisotopic (exact) mass is 358 g/mol. The Labute approximate surface area is 147 Å². The molecule has 0 aromatic heterocycles. The van der Waals surface area contributed by atoms with Gasteiger partial charge in [-0.25, -0.2) is 13.2 Å². The van der Waals surface area contributed by atoms with E-state index >= 15 is 0 Å². The number of sulfonamides is 1. The Morgan fingerprint density at radius 2 is 1.92 bits per heavy atom. The van der Waals surface area contributed by atoms with E-state index in [-0.39, 0.29) is 16.1 Å². The minimum absolute atomic E-state index is 0.156. The van der Waals surface area contributed by atoms with Crippen molar-refractivity contribution in [1.29, 1.82) is 5.26 Å². The SMILES string of the molecule is Cc1ccc(C)c(S(=O)(=O)Nc2cccc(C(=O)OC(C)C#N)c2)c1. The van der Waals surface area contributed by atoms with Crippen molar-refractivity contribution >= 4 is 21.7 Å². The number of hydrogen-bond donors (Lipinski definition) is 1. The first-order chi connectivity index (χ1) is 11.7. The molecular weight excluding hydrogens is 340 g/mol. The Hall–Kier alpha value is -2.85. The summed E-state index contributed by atoms with van der Waals surface area (Å²) in [6.45, 7) is 4.97. The van der Waals surface area contributed by atoms with Gasteiger partial charge in [-0.1, -0.05) is 18.2 Å². The van der Waals surface area contributed by atoms with Crippen molar-refractivity contribution in [3.8, 4) is 6.07 Å². The number of nitrogens with one attached hydrogen (secondary N) is 1. The maximum atomic E-state index is 12.6. The zero-order chi connectivity index (χ0) is 18.6. The molecule has 0 aliphatic carbocycles. The van der Waals surface area contributed by atoms with Crippen LogP contribution in [0.3, 0.4) is 0 Å². The molecule has 2 rings (SSSR count). The first-order valence-corrected chi connectivity index (χ1v) is 9.02. The lowest BCUT2D eigenvalue weighted by molar-refractivity contribution is 0.0435. The van der Waals surface area contributed by atoms with Crippen LogP contribution in [-0.4, -0.2) is 20.5 Å². The van der Waals surface area contributed by atoms with Crippen LogP contribution in [0.5, 0.6) is 0 Å². The predicted molar refractivity (Wildman–Crippen MR) is 93.7 cm³/mol. The molecule has 0 bridgehead atoms.